The summed E-state index contributed by atoms with van der Waals surface area (Å²) in [6.45, 7) is 5.15. The molecule has 112 valence electrons. The number of aryl methyl sites for hydroxylation is 1. The quantitative estimate of drug-likeness (QED) is 0.757. The van der Waals surface area contributed by atoms with Gasteiger partial charge in [-0.05, 0) is 55.6 Å². The average molecular weight is 350 g/mol. The van der Waals surface area contributed by atoms with Gasteiger partial charge in [-0.2, -0.15) is 0 Å². The van der Waals surface area contributed by atoms with Gasteiger partial charge in [0.05, 0.1) is 0 Å². The predicted molar refractivity (Wildman–Crippen MR) is 90.0 cm³/mol. The lowest BCUT2D eigenvalue weighted by atomic mass is 9.97. The van der Waals surface area contributed by atoms with Crippen molar-refractivity contribution in [1.82, 2.24) is 5.32 Å². The van der Waals surface area contributed by atoms with E-state index in [0.29, 0.717) is 0 Å². The highest BCUT2D eigenvalue weighted by Crippen LogP contribution is 2.27. The van der Waals surface area contributed by atoms with Crippen LogP contribution in [0.25, 0.3) is 0 Å². The van der Waals surface area contributed by atoms with Gasteiger partial charge in [-0.1, -0.05) is 52.7 Å². The molecule has 0 heterocycles. The van der Waals surface area contributed by atoms with Crippen molar-refractivity contribution < 1.29 is 4.39 Å². The van der Waals surface area contributed by atoms with Crippen LogP contribution in [0.4, 0.5) is 4.39 Å². The topological polar surface area (TPSA) is 12.0 Å². The second-order valence-corrected chi connectivity index (χ2v) is 6.22. The summed E-state index contributed by atoms with van der Waals surface area (Å²) >= 11 is 3.54. The van der Waals surface area contributed by atoms with Crippen LogP contribution in [-0.4, -0.2) is 6.54 Å². The largest absolute Gasteiger partial charge is 0.310 e. The first kappa shape index (κ1) is 16.2. The lowest BCUT2D eigenvalue weighted by Gasteiger charge is -2.21. The van der Waals surface area contributed by atoms with Gasteiger partial charge in [-0.15, -0.1) is 0 Å². The summed E-state index contributed by atoms with van der Waals surface area (Å²) in [6, 6.07) is 13.5. The first-order chi connectivity index (χ1) is 10.1. The minimum absolute atomic E-state index is 0.108. The highest BCUT2D eigenvalue weighted by Gasteiger charge is 2.15. The van der Waals surface area contributed by atoms with Crippen LogP contribution in [0.2, 0.25) is 0 Å². The highest BCUT2D eigenvalue weighted by molar-refractivity contribution is 9.10. The number of rotatable bonds is 6. The molecular formula is C18H21BrFN. The van der Waals surface area contributed by atoms with E-state index in [1.807, 2.05) is 0 Å². The zero-order chi connectivity index (χ0) is 15.2. The van der Waals surface area contributed by atoms with Crippen LogP contribution in [0, 0.1) is 12.7 Å². The van der Waals surface area contributed by atoms with Gasteiger partial charge in [0, 0.05) is 10.5 Å². The Balaban J connectivity index is 2.27. The minimum atomic E-state index is -0.194. The third kappa shape index (κ3) is 4.65. The summed E-state index contributed by atoms with van der Waals surface area (Å²) in [5, 5.41) is 3.53. The molecule has 0 saturated carbocycles. The number of halogens is 2. The van der Waals surface area contributed by atoms with Gasteiger partial charge in [0.25, 0.3) is 0 Å². The summed E-state index contributed by atoms with van der Waals surface area (Å²) in [7, 11) is 0. The maximum Gasteiger partial charge on any atom is 0.123 e. The molecule has 2 aromatic carbocycles. The first-order valence-corrected chi connectivity index (χ1v) is 8.13. The molecule has 0 saturated heterocycles. The zero-order valence-corrected chi connectivity index (χ0v) is 14.1. The second kappa shape index (κ2) is 7.71. The third-order valence-corrected chi connectivity index (χ3v) is 4.22. The highest BCUT2D eigenvalue weighted by atomic mass is 79.9. The SMILES string of the molecule is CCCNC(Cc1cccc(C)c1)c1cc(F)ccc1Br. The smallest absolute Gasteiger partial charge is 0.123 e. The minimum Gasteiger partial charge on any atom is -0.310 e. The molecule has 1 N–H and O–H groups in total. The summed E-state index contributed by atoms with van der Waals surface area (Å²) in [6.07, 6.45) is 1.90. The number of benzene rings is 2. The lowest BCUT2D eigenvalue weighted by Crippen LogP contribution is -2.24. The molecule has 1 atom stereocenters. The molecule has 0 aliphatic carbocycles. The molecule has 0 aromatic heterocycles. The Morgan fingerprint density at radius 3 is 2.71 bits per heavy atom. The molecule has 0 spiro atoms. The molecule has 3 heteroatoms. The van der Waals surface area contributed by atoms with Crippen LogP contribution in [0.15, 0.2) is 46.9 Å². The lowest BCUT2D eigenvalue weighted by molar-refractivity contribution is 0.522. The Morgan fingerprint density at radius 2 is 2.00 bits per heavy atom. The van der Waals surface area contributed by atoms with Crippen molar-refractivity contribution in [3.63, 3.8) is 0 Å². The number of hydrogen-bond donors (Lipinski definition) is 1. The first-order valence-electron chi connectivity index (χ1n) is 7.34. The fraction of sp³-hybridized carbons (Fsp3) is 0.333. The Morgan fingerprint density at radius 1 is 1.19 bits per heavy atom. The van der Waals surface area contributed by atoms with Crippen molar-refractivity contribution in [3.8, 4) is 0 Å². The number of nitrogens with one attached hydrogen (secondary N) is 1. The van der Waals surface area contributed by atoms with E-state index in [0.717, 1.165) is 29.4 Å². The van der Waals surface area contributed by atoms with Crippen molar-refractivity contribution in [1.29, 1.82) is 0 Å². The third-order valence-electron chi connectivity index (χ3n) is 3.50. The van der Waals surface area contributed by atoms with Gasteiger partial charge in [-0.3, -0.25) is 0 Å². The van der Waals surface area contributed by atoms with E-state index >= 15 is 0 Å². The van der Waals surface area contributed by atoms with Gasteiger partial charge in [0.2, 0.25) is 0 Å². The van der Waals surface area contributed by atoms with Gasteiger partial charge < -0.3 is 5.32 Å². The van der Waals surface area contributed by atoms with E-state index in [9.17, 15) is 4.39 Å². The summed E-state index contributed by atoms with van der Waals surface area (Å²) in [4.78, 5) is 0. The van der Waals surface area contributed by atoms with E-state index in [1.165, 1.54) is 17.2 Å². The molecule has 2 rings (SSSR count). The van der Waals surface area contributed by atoms with Crippen LogP contribution >= 0.6 is 15.9 Å². The molecule has 0 fully saturated rings. The van der Waals surface area contributed by atoms with E-state index in [1.54, 1.807) is 12.1 Å². The molecule has 1 unspecified atom stereocenters. The van der Waals surface area contributed by atoms with Gasteiger partial charge in [-0.25, -0.2) is 4.39 Å². The molecular weight excluding hydrogens is 329 g/mol. The molecule has 0 aliphatic heterocycles. The van der Waals surface area contributed by atoms with Crippen molar-refractivity contribution >= 4 is 15.9 Å². The molecule has 2 aromatic rings. The van der Waals surface area contributed by atoms with Gasteiger partial charge >= 0.3 is 0 Å². The van der Waals surface area contributed by atoms with E-state index in [-0.39, 0.29) is 11.9 Å². The van der Waals surface area contributed by atoms with Crippen molar-refractivity contribution in [2.45, 2.75) is 32.7 Å². The monoisotopic (exact) mass is 349 g/mol. The van der Waals surface area contributed by atoms with E-state index in [2.05, 4.69) is 59.4 Å². The second-order valence-electron chi connectivity index (χ2n) is 5.37. The maximum atomic E-state index is 13.6. The summed E-state index contributed by atoms with van der Waals surface area (Å²) < 4.78 is 14.5. The molecule has 0 aliphatic rings. The number of hydrogen-bond acceptors (Lipinski definition) is 1. The van der Waals surface area contributed by atoms with E-state index in [4.69, 9.17) is 0 Å². The Labute approximate surface area is 134 Å². The van der Waals surface area contributed by atoms with Crippen LogP contribution < -0.4 is 5.32 Å². The summed E-state index contributed by atoms with van der Waals surface area (Å²) in [5.41, 5.74) is 3.49. The molecule has 1 nitrogen and oxygen atoms in total. The standard InChI is InChI=1S/C18H21BrFN/c1-3-9-21-18(11-14-6-4-5-13(2)10-14)16-12-15(20)7-8-17(16)19/h4-8,10,12,18,21H,3,9,11H2,1-2H3. The normalized spacial score (nSPS) is 12.4. The fourth-order valence-electron chi connectivity index (χ4n) is 2.47. The van der Waals surface area contributed by atoms with Crippen molar-refractivity contribution in [3.05, 3.63) is 69.4 Å². The van der Waals surface area contributed by atoms with E-state index < -0.39 is 0 Å². The van der Waals surface area contributed by atoms with Crippen molar-refractivity contribution in [2.75, 3.05) is 6.54 Å². The van der Waals surface area contributed by atoms with Crippen LogP contribution in [0.3, 0.4) is 0 Å². The average Bonchev–Trinajstić information content (AvgIpc) is 2.46. The predicted octanol–water partition coefficient (Wildman–Crippen LogP) is 5.18. The maximum absolute atomic E-state index is 13.6. The van der Waals surface area contributed by atoms with Crippen LogP contribution in [0.5, 0.6) is 0 Å². The van der Waals surface area contributed by atoms with Crippen LogP contribution in [-0.2, 0) is 6.42 Å². The molecule has 0 amide bonds. The Hall–Kier alpha value is -1.19. The fourth-order valence-corrected chi connectivity index (χ4v) is 2.99. The Kier molecular flexibility index (Phi) is 5.95. The van der Waals surface area contributed by atoms with Gasteiger partial charge in [0.1, 0.15) is 5.82 Å². The zero-order valence-electron chi connectivity index (χ0n) is 12.5. The van der Waals surface area contributed by atoms with Crippen LogP contribution in [0.1, 0.15) is 36.1 Å². The van der Waals surface area contributed by atoms with Crippen molar-refractivity contribution in [2.24, 2.45) is 0 Å². The molecule has 0 bridgehead atoms. The summed E-state index contributed by atoms with van der Waals surface area (Å²) in [5.74, 6) is -0.194. The van der Waals surface area contributed by atoms with Gasteiger partial charge in [0.15, 0.2) is 0 Å². The molecule has 0 radical (unpaired) electrons. The molecule has 21 heavy (non-hydrogen) atoms. The Bertz CT molecular complexity index is 598.